The third-order valence-corrected chi connectivity index (χ3v) is 4.96. The highest BCUT2D eigenvalue weighted by molar-refractivity contribution is 7.12. The molecule has 2 aromatic rings. The standard InChI is InChI=1S/C16H21N5O2S.ClH/c1-20-8-7-18-15(20)12-11-17-6-9-21(12)14(22)4-5-19-16(23)13-3-2-10-24-13;/h2-3,7-8,10,12,17H,4-6,9,11H2,1H3,(H,19,23);1H. The molecule has 0 saturated carbocycles. The number of halogens is 1. The summed E-state index contributed by atoms with van der Waals surface area (Å²) in [7, 11) is 1.93. The molecule has 1 aliphatic heterocycles. The Morgan fingerprint density at radius 2 is 2.32 bits per heavy atom. The van der Waals surface area contributed by atoms with Crippen LogP contribution in [0.5, 0.6) is 0 Å². The molecule has 0 spiro atoms. The van der Waals surface area contributed by atoms with Crippen LogP contribution in [0.1, 0.15) is 28.0 Å². The highest BCUT2D eigenvalue weighted by atomic mass is 35.5. The predicted molar refractivity (Wildman–Crippen MR) is 99.0 cm³/mol. The zero-order valence-electron chi connectivity index (χ0n) is 14.0. The summed E-state index contributed by atoms with van der Waals surface area (Å²) < 4.78 is 1.94. The highest BCUT2D eigenvalue weighted by Crippen LogP contribution is 2.21. The van der Waals surface area contributed by atoms with Crippen molar-refractivity contribution in [3.63, 3.8) is 0 Å². The van der Waals surface area contributed by atoms with Gasteiger partial charge in [-0.25, -0.2) is 4.98 Å². The van der Waals surface area contributed by atoms with Gasteiger partial charge in [0.05, 0.1) is 4.88 Å². The molecular weight excluding hydrogens is 362 g/mol. The van der Waals surface area contributed by atoms with Crippen LogP contribution in [0.15, 0.2) is 29.9 Å². The minimum atomic E-state index is -0.126. The van der Waals surface area contributed by atoms with Gasteiger partial charge in [-0.2, -0.15) is 0 Å². The summed E-state index contributed by atoms with van der Waals surface area (Å²) in [5, 5.41) is 7.98. The fraction of sp³-hybridized carbons (Fsp3) is 0.438. The van der Waals surface area contributed by atoms with Crippen LogP contribution in [0, 0.1) is 0 Å². The number of aromatic nitrogens is 2. The van der Waals surface area contributed by atoms with Crippen molar-refractivity contribution >= 4 is 35.6 Å². The molecule has 1 unspecified atom stereocenters. The minimum absolute atomic E-state index is 0. The summed E-state index contributed by atoms with van der Waals surface area (Å²) >= 11 is 1.39. The summed E-state index contributed by atoms with van der Waals surface area (Å²) in [6, 6.07) is 3.54. The van der Waals surface area contributed by atoms with Crippen molar-refractivity contribution in [2.45, 2.75) is 12.5 Å². The normalized spacial score (nSPS) is 17.0. The Labute approximate surface area is 156 Å². The lowest BCUT2D eigenvalue weighted by atomic mass is 10.1. The van der Waals surface area contributed by atoms with Gasteiger partial charge in [0.1, 0.15) is 11.9 Å². The summed E-state index contributed by atoms with van der Waals surface area (Å²) in [4.78, 5) is 31.4. The average Bonchev–Trinajstić information content (AvgIpc) is 3.26. The lowest BCUT2D eigenvalue weighted by Gasteiger charge is -2.35. The van der Waals surface area contributed by atoms with Gasteiger partial charge in [-0.05, 0) is 11.4 Å². The van der Waals surface area contributed by atoms with Gasteiger partial charge in [0.15, 0.2) is 0 Å². The second kappa shape index (κ2) is 8.98. The number of carbonyl (C=O) groups excluding carboxylic acids is 2. The number of piperazine rings is 1. The molecule has 0 aromatic carbocycles. The first-order chi connectivity index (χ1) is 11.7. The van der Waals surface area contributed by atoms with Gasteiger partial charge in [-0.3, -0.25) is 9.59 Å². The average molecular weight is 384 g/mol. The van der Waals surface area contributed by atoms with Crippen LogP contribution in [0.4, 0.5) is 0 Å². The van der Waals surface area contributed by atoms with Crippen molar-refractivity contribution in [3.05, 3.63) is 40.6 Å². The lowest BCUT2D eigenvalue weighted by Crippen LogP contribution is -2.50. The number of hydrogen-bond acceptors (Lipinski definition) is 5. The van der Waals surface area contributed by atoms with E-state index in [-0.39, 0.29) is 36.7 Å². The molecule has 9 heteroatoms. The zero-order chi connectivity index (χ0) is 16.9. The van der Waals surface area contributed by atoms with E-state index in [1.807, 2.05) is 34.2 Å². The summed E-state index contributed by atoms with van der Waals surface area (Å²) in [5.41, 5.74) is 0. The van der Waals surface area contributed by atoms with E-state index in [0.29, 0.717) is 24.5 Å². The second-order valence-electron chi connectivity index (χ2n) is 5.69. The lowest BCUT2D eigenvalue weighted by molar-refractivity contribution is -0.134. The first kappa shape index (κ1) is 19.4. The van der Waals surface area contributed by atoms with E-state index in [2.05, 4.69) is 15.6 Å². The predicted octanol–water partition coefficient (Wildman–Crippen LogP) is 1.20. The molecule has 2 amide bonds. The number of aryl methyl sites for hydroxylation is 1. The van der Waals surface area contributed by atoms with E-state index in [4.69, 9.17) is 0 Å². The number of carbonyl (C=O) groups is 2. The van der Waals surface area contributed by atoms with Crippen molar-refractivity contribution in [1.82, 2.24) is 25.1 Å². The fourth-order valence-corrected chi connectivity index (χ4v) is 3.49. The number of nitrogens with one attached hydrogen (secondary N) is 2. The van der Waals surface area contributed by atoms with Gasteiger partial charge in [-0.15, -0.1) is 23.7 Å². The molecule has 1 saturated heterocycles. The van der Waals surface area contributed by atoms with E-state index in [1.165, 1.54) is 11.3 Å². The SMILES string of the molecule is Cl.Cn1ccnc1C1CNCCN1C(=O)CCNC(=O)c1cccs1. The molecular formula is C16H22ClN5O2S. The Morgan fingerprint density at radius 1 is 1.48 bits per heavy atom. The maximum absolute atomic E-state index is 12.6. The monoisotopic (exact) mass is 383 g/mol. The number of thiophene rings is 1. The Morgan fingerprint density at radius 3 is 3.00 bits per heavy atom. The van der Waals surface area contributed by atoms with Crippen LogP contribution in [0.3, 0.4) is 0 Å². The van der Waals surface area contributed by atoms with Gasteiger partial charge in [0, 0.05) is 52.0 Å². The minimum Gasteiger partial charge on any atom is -0.351 e. The molecule has 1 atom stereocenters. The Hall–Kier alpha value is -1.90. The molecule has 25 heavy (non-hydrogen) atoms. The Kier molecular flexibility index (Phi) is 6.98. The van der Waals surface area contributed by atoms with Crippen molar-refractivity contribution in [2.24, 2.45) is 7.05 Å². The molecule has 2 N–H and O–H groups in total. The summed E-state index contributed by atoms with van der Waals surface area (Å²) in [6.45, 7) is 2.45. The van der Waals surface area contributed by atoms with E-state index >= 15 is 0 Å². The Bertz CT molecular complexity index is 703. The molecule has 1 fully saturated rings. The molecule has 3 rings (SSSR count). The highest BCUT2D eigenvalue weighted by Gasteiger charge is 2.30. The first-order valence-corrected chi connectivity index (χ1v) is 8.84. The van der Waals surface area contributed by atoms with Gasteiger partial charge < -0.3 is 20.1 Å². The second-order valence-corrected chi connectivity index (χ2v) is 6.63. The Balaban J connectivity index is 0.00000225. The summed E-state index contributed by atoms with van der Waals surface area (Å²) in [5.74, 6) is 0.785. The molecule has 0 aliphatic carbocycles. The van der Waals surface area contributed by atoms with Gasteiger partial charge >= 0.3 is 0 Å². The number of hydrogen-bond donors (Lipinski definition) is 2. The van der Waals surface area contributed by atoms with Crippen LogP contribution in [-0.2, 0) is 11.8 Å². The topological polar surface area (TPSA) is 79.3 Å². The zero-order valence-corrected chi connectivity index (χ0v) is 15.6. The van der Waals surface area contributed by atoms with Gasteiger partial charge in [-0.1, -0.05) is 6.07 Å². The molecule has 136 valence electrons. The number of amides is 2. The van der Waals surface area contributed by atoms with E-state index in [0.717, 1.165) is 12.4 Å². The number of imidazole rings is 1. The smallest absolute Gasteiger partial charge is 0.261 e. The summed E-state index contributed by atoms with van der Waals surface area (Å²) in [6.07, 6.45) is 3.92. The molecule has 7 nitrogen and oxygen atoms in total. The maximum Gasteiger partial charge on any atom is 0.261 e. The molecule has 0 radical (unpaired) electrons. The van der Waals surface area contributed by atoms with Gasteiger partial charge in [0.2, 0.25) is 5.91 Å². The van der Waals surface area contributed by atoms with E-state index in [1.54, 1.807) is 12.3 Å². The number of nitrogens with zero attached hydrogens (tertiary/aromatic N) is 3. The largest absolute Gasteiger partial charge is 0.351 e. The van der Waals surface area contributed by atoms with Crippen molar-refractivity contribution < 1.29 is 9.59 Å². The number of rotatable bonds is 5. The van der Waals surface area contributed by atoms with Crippen LogP contribution >= 0.6 is 23.7 Å². The van der Waals surface area contributed by atoms with Crippen LogP contribution < -0.4 is 10.6 Å². The van der Waals surface area contributed by atoms with Gasteiger partial charge in [0.25, 0.3) is 5.91 Å². The van der Waals surface area contributed by atoms with Crippen LogP contribution in [-0.4, -0.2) is 52.4 Å². The molecule has 2 aromatic heterocycles. The van der Waals surface area contributed by atoms with Crippen molar-refractivity contribution in [2.75, 3.05) is 26.2 Å². The quantitative estimate of drug-likeness (QED) is 0.813. The fourth-order valence-electron chi connectivity index (χ4n) is 2.85. The third-order valence-electron chi connectivity index (χ3n) is 4.09. The van der Waals surface area contributed by atoms with Crippen LogP contribution in [0.25, 0.3) is 0 Å². The third kappa shape index (κ3) is 4.59. The maximum atomic E-state index is 12.6. The molecule has 0 bridgehead atoms. The molecule has 3 heterocycles. The van der Waals surface area contributed by atoms with E-state index in [9.17, 15) is 9.59 Å². The first-order valence-electron chi connectivity index (χ1n) is 7.96. The van der Waals surface area contributed by atoms with Crippen molar-refractivity contribution in [1.29, 1.82) is 0 Å². The molecule has 1 aliphatic rings. The van der Waals surface area contributed by atoms with E-state index < -0.39 is 0 Å². The van der Waals surface area contributed by atoms with Crippen molar-refractivity contribution in [3.8, 4) is 0 Å². The van der Waals surface area contributed by atoms with Crippen LogP contribution in [0.2, 0.25) is 0 Å².